The molecular formula is C11H18N4O. The number of aliphatic hydroxyl groups is 1. The molecule has 88 valence electrons. The number of hydrogen-bond acceptors (Lipinski definition) is 4. The fourth-order valence-electron chi connectivity index (χ4n) is 1.55. The van der Waals surface area contributed by atoms with Gasteiger partial charge >= 0.3 is 0 Å². The molecule has 0 aliphatic heterocycles. The van der Waals surface area contributed by atoms with Gasteiger partial charge in [-0.05, 0) is 18.8 Å². The monoisotopic (exact) mass is 222 g/mol. The molecule has 0 fully saturated rings. The standard InChI is InChI=1S/C11H18N4O/c1-9(2)3-4-11-10(5-6-12)13-14-15(11)7-8-16/h9,16H,3-5,7-8H2,1-2H3. The maximum Gasteiger partial charge on any atom is 0.0999 e. The molecule has 1 aromatic heterocycles. The highest BCUT2D eigenvalue weighted by molar-refractivity contribution is 5.14. The molecule has 1 N–H and O–H groups in total. The Hall–Kier alpha value is -1.41. The first-order valence-electron chi connectivity index (χ1n) is 5.58. The molecule has 0 unspecified atom stereocenters. The van der Waals surface area contributed by atoms with Crippen molar-refractivity contribution >= 4 is 0 Å². The average molecular weight is 222 g/mol. The summed E-state index contributed by atoms with van der Waals surface area (Å²) in [6.45, 7) is 4.81. The van der Waals surface area contributed by atoms with Gasteiger partial charge in [0.25, 0.3) is 0 Å². The van der Waals surface area contributed by atoms with Gasteiger partial charge in [0.2, 0.25) is 0 Å². The minimum Gasteiger partial charge on any atom is -0.394 e. The molecule has 5 nitrogen and oxygen atoms in total. The predicted molar refractivity (Wildman–Crippen MR) is 59.6 cm³/mol. The lowest BCUT2D eigenvalue weighted by Gasteiger charge is -2.07. The second kappa shape index (κ2) is 6.23. The van der Waals surface area contributed by atoms with Crippen LogP contribution >= 0.6 is 0 Å². The van der Waals surface area contributed by atoms with E-state index in [1.165, 1.54) is 0 Å². The number of aliphatic hydroxyl groups excluding tert-OH is 1. The van der Waals surface area contributed by atoms with Gasteiger partial charge < -0.3 is 5.11 Å². The summed E-state index contributed by atoms with van der Waals surface area (Å²) in [4.78, 5) is 0. The van der Waals surface area contributed by atoms with E-state index in [4.69, 9.17) is 10.4 Å². The third-order valence-corrected chi connectivity index (χ3v) is 2.43. The lowest BCUT2D eigenvalue weighted by molar-refractivity contribution is 0.265. The van der Waals surface area contributed by atoms with E-state index in [2.05, 4.69) is 30.2 Å². The minimum atomic E-state index is 0.0457. The first-order chi connectivity index (χ1) is 7.69. The van der Waals surface area contributed by atoms with Crippen molar-refractivity contribution in [2.45, 2.75) is 39.7 Å². The summed E-state index contributed by atoms with van der Waals surface area (Å²) in [5, 5.41) is 25.5. The first-order valence-corrected chi connectivity index (χ1v) is 5.58. The van der Waals surface area contributed by atoms with E-state index in [9.17, 15) is 0 Å². The van der Waals surface area contributed by atoms with Gasteiger partial charge in [-0.3, -0.25) is 0 Å². The van der Waals surface area contributed by atoms with Crippen molar-refractivity contribution in [3.63, 3.8) is 0 Å². The fourth-order valence-corrected chi connectivity index (χ4v) is 1.55. The summed E-state index contributed by atoms with van der Waals surface area (Å²) in [7, 11) is 0. The second-order valence-electron chi connectivity index (χ2n) is 4.20. The van der Waals surface area contributed by atoms with E-state index < -0.39 is 0 Å². The molecule has 16 heavy (non-hydrogen) atoms. The third-order valence-electron chi connectivity index (χ3n) is 2.43. The number of rotatable bonds is 6. The summed E-state index contributed by atoms with van der Waals surface area (Å²) in [6.07, 6.45) is 2.19. The molecule has 0 aliphatic rings. The Morgan fingerprint density at radius 2 is 2.25 bits per heavy atom. The van der Waals surface area contributed by atoms with Gasteiger partial charge in [-0.25, -0.2) is 4.68 Å². The third kappa shape index (κ3) is 3.31. The molecule has 1 heterocycles. The van der Waals surface area contributed by atoms with Crippen LogP contribution in [-0.4, -0.2) is 26.7 Å². The highest BCUT2D eigenvalue weighted by Crippen LogP contribution is 2.12. The zero-order chi connectivity index (χ0) is 12.0. The molecule has 0 aromatic carbocycles. The summed E-state index contributed by atoms with van der Waals surface area (Å²) < 4.78 is 1.70. The Morgan fingerprint density at radius 1 is 1.50 bits per heavy atom. The zero-order valence-corrected chi connectivity index (χ0v) is 9.85. The van der Waals surface area contributed by atoms with Crippen LogP contribution in [0.25, 0.3) is 0 Å². The average Bonchev–Trinajstić information content (AvgIpc) is 2.59. The topological polar surface area (TPSA) is 74.7 Å². The number of hydrogen-bond donors (Lipinski definition) is 1. The molecule has 0 aliphatic carbocycles. The van der Waals surface area contributed by atoms with Gasteiger partial charge in [0.15, 0.2) is 0 Å². The molecule has 0 radical (unpaired) electrons. The molecular weight excluding hydrogens is 204 g/mol. The van der Waals surface area contributed by atoms with E-state index in [1.807, 2.05) is 0 Å². The van der Waals surface area contributed by atoms with Gasteiger partial charge in [0.05, 0.1) is 37.0 Å². The molecule has 0 spiro atoms. The van der Waals surface area contributed by atoms with E-state index >= 15 is 0 Å². The van der Waals surface area contributed by atoms with Crippen molar-refractivity contribution in [1.82, 2.24) is 15.0 Å². The summed E-state index contributed by atoms with van der Waals surface area (Å²) in [5.41, 5.74) is 1.74. The molecule has 0 saturated heterocycles. The molecule has 1 aromatic rings. The van der Waals surface area contributed by atoms with Crippen molar-refractivity contribution in [3.8, 4) is 6.07 Å². The van der Waals surface area contributed by atoms with E-state index in [0.717, 1.165) is 24.2 Å². The van der Waals surface area contributed by atoms with Crippen LogP contribution in [0, 0.1) is 17.2 Å². The molecule has 1 rings (SSSR count). The van der Waals surface area contributed by atoms with E-state index in [-0.39, 0.29) is 6.61 Å². The molecule has 0 amide bonds. The smallest absolute Gasteiger partial charge is 0.0999 e. The summed E-state index contributed by atoms with van der Waals surface area (Å²) >= 11 is 0. The van der Waals surface area contributed by atoms with Crippen LogP contribution in [0.4, 0.5) is 0 Å². The van der Waals surface area contributed by atoms with Crippen molar-refractivity contribution in [1.29, 1.82) is 5.26 Å². The Kier molecular flexibility index (Phi) is 4.93. The van der Waals surface area contributed by atoms with Crippen molar-refractivity contribution < 1.29 is 5.11 Å². The van der Waals surface area contributed by atoms with Crippen molar-refractivity contribution in [3.05, 3.63) is 11.4 Å². The molecule has 0 saturated carbocycles. The summed E-state index contributed by atoms with van der Waals surface area (Å²) in [5.74, 6) is 0.604. The highest BCUT2D eigenvalue weighted by Gasteiger charge is 2.12. The molecule has 0 bridgehead atoms. The van der Waals surface area contributed by atoms with E-state index in [0.29, 0.717) is 18.9 Å². The minimum absolute atomic E-state index is 0.0457. The van der Waals surface area contributed by atoms with Gasteiger partial charge in [0, 0.05) is 0 Å². The van der Waals surface area contributed by atoms with Crippen LogP contribution in [-0.2, 0) is 19.4 Å². The Balaban J connectivity index is 2.81. The van der Waals surface area contributed by atoms with Gasteiger partial charge in [-0.2, -0.15) is 5.26 Å². The van der Waals surface area contributed by atoms with Crippen LogP contribution in [0.15, 0.2) is 0 Å². The maximum absolute atomic E-state index is 8.91. The number of nitrogens with zero attached hydrogens (tertiary/aromatic N) is 4. The highest BCUT2D eigenvalue weighted by atomic mass is 16.3. The number of aromatic nitrogens is 3. The van der Waals surface area contributed by atoms with E-state index in [1.54, 1.807) is 4.68 Å². The van der Waals surface area contributed by atoms with Gasteiger partial charge in [-0.15, -0.1) is 5.10 Å². The van der Waals surface area contributed by atoms with Crippen molar-refractivity contribution in [2.75, 3.05) is 6.61 Å². The maximum atomic E-state index is 8.91. The van der Waals surface area contributed by atoms with Crippen LogP contribution in [0.5, 0.6) is 0 Å². The Labute approximate surface area is 95.7 Å². The van der Waals surface area contributed by atoms with Crippen LogP contribution < -0.4 is 0 Å². The Morgan fingerprint density at radius 3 is 2.81 bits per heavy atom. The van der Waals surface area contributed by atoms with Crippen LogP contribution in [0.3, 0.4) is 0 Å². The largest absolute Gasteiger partial charge is 0.394 e. The summed E-state index contributed by atoms with van der Waals surface area (Å²) in [6, 6.07) is 2.09. The SMILES string of the molecule is CC(C)CCc1c(CC#N)nnn1CCO. The van der Waals surface area contributed by atoms with Crippen LogP contribution in [0.1, 0.15) is 31.7 Å². The Bertz CT molecular complexity index is 365. The quantitative estimate of drug-likeness (QED) is 0.776. The van der Waals surface area contributed by atoms with Crippen LogP contribution in [0.2, 0.25) is 0 Å². The predicted octanol–water partition coefficient (Wildman–Crippen LogP) is 0.925. The van der Waals surface area contributed by atoms with Crippen molar-refractivity contribution in [2.24, 2.45) is 5.92 Å². The van der Waals surface area contributed by atoms with Gasteiger partial charge in [-0.1, -0.05) is 19.1 Å². The normalized spacial score (nSPS) is 10.7. The number of nitriles is 1. The lowest BCUT2D eigenvalue weighted by Crippen LogP contribution is -2.10. The second-order valence-corrected chi connectivity index (χ2v) is 4.20. The zero-order valence-electron chi connectivity index (χ0n) is 9.85. The first kappa shape index (κ1) is 12.7. The lowest BCUT2D eigenvalue weighted by atomic mass is 10.0. The fraction of sp³-hybridized carbons (Fsp3) is 0.727. The van der Waals surface area contributed by atoms with Gasteiger partial charge in [0.1, 0.15) is 0 Å². The molecule has 0 atom stereocenters. The molecule has 5 heteroatoms.